The summed E-state index contributed by atoms with van der Waals surface area (Å²) in [6.07, 6.45) is 0.727. The van der Waals surface area contributed by atoms with E-state index in [1.54, 1.807) is 13.2 Å². The highest BCUT2D eigenvalue weighted by Crippen LogP contribution is 2.24. The molecule has 5 heteroatoms. The summed E-state index contributed by atoms with van der Waals surface area (Å²) in [6.45, 7) is 4.20. The molecule has 0 aromatic heterocycles. The maximum Gasteiger partial charge on any atom is 0.0763 e. The maximum atomic E-state index is 6.16. The van der Waals surface area contributed by atoms with Crippen molar-refractivity contribution in [1.82, 2.24) is 5.43 Å². The average Bonchev–Trinajstić information content (AvgIpc) is 2.31. The predicted molar refractivity (Wildman–Crippen MR) is 76.9 cm³/mol. The van der Waals surface area contributed by atoms with E-state index in [1.807, 2.05) is 12.1 Å². The minimum Gasteiger partial charge on any atom is -0.380 e. The Kier molecular flexibility index (Phi) is 6.39. The Labute approximate surface area is 119 Å². The number of ether oxygens (including phenoxy) is 1. The second kappa shape index (κ2) is 7.31. The van der Waals surface area contributed by atoms with Crippen LogP contribution in [-0.2, 0) is 11.2 Å². The SMILES string of the molecule is COC(C(C)C)C(Cc1ccc(Cl)cc1Cl)NN. The molecular formula is C13H20Cl2N2O. The number of hydrazine groups is 1. The van der Waals surface area contributed by atoms with Crippen molar-refractivity contribution < 1.29 is 4.74 Å². The Hall–Kier alpha value is -0.320. The number of halogens is 2. The topological polar surface area (TPSA) is 47.3 Å². The Morgan fingerprint density at radius 3 is 2.44 bits per heavy atom. The van der Waals surface area contributed by atoms with E-state index in [9.17, 15) is 0 Å². The van der Waals surface area contributed by atoms with Gasteiger partial charge in [-0.1, -0.05) is 43.1 Å². The van der Waals surface area contributed by atoms with Crippen LogP contribution in [0.2, 0.25) is 10.0 Å². The van der Waals surface area contributed by atoms with Crippen molar-refractivity contribution in [2.24, 2.45) is 11.8 Å². The third-order valence-corrected chi connectivity index (χ3v) is 3.58. The zero-order valence-corrected chi connectivity index (χ0v) is 12.4. The van der Waals surface area contributed by atoms with Crippen molar-refractivity contribution in [3.8, 4) is 0 Å². The maximum absolute atomic E-state index is 6.16. The van der Waals surface area contributed by atoms with E-state index < -0.39 is 0 Å². The molecule has 0 saturated heterocycles. The molecule has 102 valence electrons. The lowest BCUT2D eigenvalue weighted by Crippen LogP contribution is -2.48. The molecule has 0 heterocycles. The highest BCUT2D eigenvalue weighted by Gasteiger charge is 2.24. The lowest BCUT2D eigenvalue weighted by Gasteiger charge is -2.28. The monoisotopic (exact) mass is 290 g/mol. The van der Waals surface area contributed by atoms with E-state index in [0.29, 0.717) is 22.4 Å². The van der Waals surface area contributed by atoms with Gasteiger partial charge >= 0.3 is 0 Å². The van der Waals surface area contributed by atoms with Crippen LogP contribution in [0.25, 0.3) is 0 Å². The van der Waals surface area contributed by atoms with Gasteiger partial charge in [0.05, 0.1) is 12.1 Å². The first-order valence-electron chi connectivity index (χ1n) is 5.92. The first kappa shape index (κ1) is 15.7. The van der Waals surface area contributed by atoms with Crippen LogP contribution in [0.1, 0.15) is 19.4 Å². The number of nitrogens with one attached hydrogen (secondary N) is 1. The summed E-state index contributed by atoms with van der Waals surface area (Å²) >= 11 is 12.0. The molecule has 0 spiro atoms. The molecule has 0 aliphatic heterocycles. The van der Waals surface area contributed by atoms with E-state index >= 15 is 0 Å². The summed E-state index contributed by atoms with van der Waals surface area (Å²) in [5.74, 6) is 5.98. The van der Waals surface area contributed by atoms with Crippen LogP contribution in [-0.4, -0.2) is 19.3 Å². The van der Waals surface area contributed by atoms with Crippen LogP contribution in [0.4, 0.5) is 0 Å². The van der Waals surface area contributed by atoms with E-state index in [2.05, 4.69) is 19.3 Å². The molecule has 1 aromatic carbocycles. The smallest absolute Gasteiger partial charge is 0.0763 e. The van der Waals surface area contributed by atoms with Crippen LogP contribution in [0, 0.1) is 5.92 Å². The first-order valence-corrected chi connectivity index (χ1v) is 6.68. The molecule has 1 aromatic rings. The molecule has 0 aliphatic carbocycles. The Morgan fingerprint density at radius 2 is 2.00 bits per heavy atom. The predicted octanol–water partition coefficient (Wildman–Crippen LogP) is 3.04. The van der Waals surface area contributed by atoms with Crippen molar-refractivity contribution in [2.75, 3.05) is 7.11 Å². The van der Waals surface area contributed by atoms with Gasteiger partial charge in [-0.15, -0.1) is 0 Å². The number of methoxy groups -OCH3 is 1. The molecule has 0 fully saturated rings. The zero-order chi connectivity index (χ0) is 13.7. The fourth-order valence-corrected chi connectivity index (χ4v) is 2.58. The molecule has 0 saturated carbocycles. The summed E-state index contributed by atoms with van der Waals surface area (Å²) in [5, 5.41) is 1.29. The van der Waals surface area contributed by atoms with Crippen LogP contribution >= 0.6 is 23.2 Å². The molecule has 0 bridgehead atoms. The van der Waals surface area contributed by atoms with Gasteiger partial charge in [0, 0.05) is 17.2 Å². The quantitative estimate of drug-likeness (QED) is 0.625. The van der Waals surface area contributed by atoms with Crippen molar-refractivity contribution in [1.29, 1.82) is 0 Å². The number of nitrogens with two attached hydrogens (primary N) is 1. The van der Waals surface area contributed by atoms with Crippen molar-refractivity contribution in [2.45, 2.75) is 32.4 Å². The molecule has 0 aliphatic rings. The summed E-state index contributed by atoms with van der Waals surface area (Å²) in [5.41, 5.74) is 3.81. The van der Waals surface area contributed by atoms with Crippen LogP contribution in [0.3, 0.4) is 0 Å². The molecule has 0 radical (unpaired) electrons. The number of hydrogen-bond donors (Lipinski definition) is 2. The lowest BCUT2D eigenvalue weighted by atomic mass is 9.94. The Morgan fingerprint density at radius 1 is 1.33 bits per heavy atom. The third kappa shape index (κ3) is 4.11. The van der Waals surface area contributed by atoms with Crippen LogP contribution < -0.4 is 11.3 Å². The molecule has 3 N–H and O–H groups in total. The van der Waals surface area contributed by atoms with Gasteiger partial charge < -0.3 is 4.74 Å². The van der Waals surface area contributed by atoms with Crippen molar-refractivity contribution in [3.05, 3.63) is 33.8 Å². The first-order chi connectivity index (χ1) is 8.49. The van der Waals surface area contributed by atoms with Crippen molar-refractivity contribution >= 4 is 23.2 Å². The van der Waals surface area contributed by atoms with Gasteiger partial charge in [-0.2, -0.15) is 0 Å². The molecule has 1 rings (SSSR count). The number of hydrogen-bond acceptors (Lipinski definition) is 3. The highest BCUT2D eigenvalue weighted by atomic mass is 35.5. The van der Waals surface area contributed by atoms with E-state index in [-0.39, 0.29) is 12.1 Å². The second-order valence-electron chi connectivity index (χ2n) is 4.66. The van der Waals surface area contributed by atoms with Crippen LogP contribution in [0.5, 0.6) is 0 Å². The molecule has 3 nitrogen and oxygen atoms in total. The fourth-order valence-electron chi connectivity index (χ4n) is 2.10. The summed E-state index contributed by atoms with van der Waals surface area (Å²) in [4.78, 5) is 0. The van der Waals surface area contributed by atoms with E-state index in [4.69, 9.17) is 33.8 Å². The molecule has 18 heavy (non-hydrogen) atoms. The molecular weight excluding hydrogens is 271 g/mol. The number of benzene rings is 1. The van der Waals surface area contributed by atoms with Gasteiger partial charge in [0.25, 0.3) is 0 Å². The Balaban J connectivity index is 2.85. The lowest BCUT2D eigenvalue weighted by molar-refractivity contribution is 0.0332. The largest absolute Gasteiger partial charge is 0.380 e. The second-order valence-corrected chi connectivity index (χ2v) is 5.50. The number of rotatable bonds is 6. The summed E-state index contributed by atoms with van der Waals surface area (Å²) < 4.78 is 5.49. The van der Waals surface area contributed by atoms with Gasteiger partial charge in [-0.25, -0.2) is 0 Å². The molecule has 2 atom stereocenters. The van der Waals surface area contributed by atoms with Gasteiger partial charge in [0.1, 0.15) is 0 Å². The normalized spacial score (nSPS) is 14.8. The standard InChI is InChI=1S/C13H20Cl2N2O/c1-8(2)13(18-3)12(17-16)6-9-4-5-10(14)7-11(9)15/h4-5,7-8,12-13,17H,6,16H2,1-3H3. The highest BCUT2D eigenvalue weighted by molar-refractivity contribution is 6.35. The summed E-state index contributed by atoms with van der Waals surface area (Å²) in [7, 11) is 1.69. The Bertz CT molecular complexity index is 385. The summed E-state index contributed by atoms with van der Waals surface area (Å²) in [6, 6.07) is 5.49. The average molecular weight is 291 g/mol. The molecule has 2 unspecified atom stereocenters. The minimum atomic E-state index is 0.00803. The van der Waals surface area contributed by atoms with E-state index in [1.165, 1.54) is 0 Å². The van der Waals surface area contributed by atoms with Gasteiger partial charge in [-0.3, -0.25) is 11.3 Å². The van der Waals surface area contributed by atoms with Crippen molar-refractivity contribution in [3.63, 3.8) is 0 Å². The minimum absolute atomic E-state index is 0.00803. The molecule has 0 amide bonds. The third-order valence-electron chi connectivity index (χ3n) is 2.99. The van der Waals surface area contributed by atoms with Gasteiger partial charge in [0.2, 0.25) is 0 Å². The van der Waals surface area contributed by atoms with E-state index in [0.717, 1.165) is 5.56 Å². The van der Waals surface area contributed by atoms with Gasteiger partial charge in [0.15, 0.2) is 0 Å². The van der Waals surface area contributed by atoms with Crippen LogP contribution in [0.15, 0.2) is 18.2 Å². The zero-order valence-electron chi connectivity index (χ0n) is 10.9. The van der Waals surface area contributed by atoms with Gasteiger partial charge in [-0.05, 0) is 30.0 Å². The fraction of sp³-hybridized carbons (Fsp3) is 0.538.